The normalized spacial score (nSPS) is 49.8. The maximum absolute atomic E-state index is 13.0. The van der Waals surface area contributed by atoms with Crippen LogP contribution >= 0.6 is 0 Å². The van der Waals surface area contributed by atoms with E-state index in [1.165, 1.54) is 64.5 Å². The highest BCUT2D eigenvalue weighted by Crippen LogP contribution is 2.70. The van der Waals surface area contributed by atoms with Crippen LogP contribution in [-0.4, -0.2) is 72.3 Å². The van der Waals surface area contributed by atoms with Crippen LogP contribution in [0.3, 0.4) is 0 Å². The Bertz CT molecular complexity index is 686. The summed E-state index contributed by atoms with van der Waals surface area (Å²) < 4.78 is 12.6. The molecule has 6 aliphatic rings. The molecule has 6 fully saturated rings. The molecule has 0 aromatic heterocycles. The number of hydrogen-bond acceptors (Lipinski definition) is 5. The van der Waals surface area contributed by atoms with Gasteiger partial charge in [0.15, 0.2) is 0 Å². The summed E-state index contributed by atoms with van der Waals surface area (Å²) in [4.78, 5) is 18.2. The monoisotopic (exact) mass is 416 g/mol. The first-order valence-electron chi connectivity index (χ1n) is 12.9. The minimum absolute atomic E-state index is 0.0132. The Morgan fingerprint density at radius 2 is 1.80 bits per heavy atom. The topological polar surface area (TPSA) is 45.3 Å². The Morgan fingerprint density at radius 3 is 2.57 bits per heavy atom. The molecular weight excluding hydrogens is 376 g/mol. The number of fused-ring (bicyclic) bond motifs is 2. The largest absolute Gasteiger partial charge is 0.462 e. The molecule has 30 heavy (non-hydrogen) atoms. The summed E-state index contributed by atoms with van der Waals surface area (Å²) in [6.07, 6.45) is 12.1. The molecule has 3 saturated carbocycles. The van der Waals surface area contributed by atoms with Crippen molar-refractivity contribution in [3.63, 3.8) is 0 Å². The fourth-order valence-electron chi connectivity index (χ4n) is 8.48. The molecule has 3 heterocycles. The minimum Gasteiger partial charge on any atom is -0.462 e. The Hall–Kier alpha value is -0.650. The number of hydrogen-bond donors (Lipinski definition) is 0. The first-order valence-corrected chi connectivity index (χ1v) is 12.9. The predicted octanol–water partition coefficient (Wildman–Crippen LogP) is 3.46. The third kappa shape index (κ3) is 2.87. The summed E-state index contributed by atoms with van der Waals surface area (Å²) in [6.45, 7) is 10.2. The molecule has 5 heteroatoms. The summed E-state index contributed by atoms with van der Waals surface area (Å²) in [5.74, 6) is 0.958. The molecule has 1 spiro atoms. The molecule has 0 unspecified atom stereocenters. The number of piperazine rings is 1. The van der Waals surface area contributed by atoms with E-state index in [4.69, 9.17) is 9.47 Å². The van der Waals surface area contributed by atoms with Crippen molar-refractivity contribution >= 4 is 5.97 Å². The van der Waals surface area contributed by atoms with Crippen molar-refractivity contribution in [3.8, 4) is 0 Å². The van der Waals surface area contributed by atoms with Gasteiger partial charge in [0.25, 0.3) is 0 Å². The van der Waals surface area contributed by atoms with Gasteiger partial charge in [-0.2, -0.15) is 0 Å². The van der Waals surface area contributed by atoms with Crippen molar-refractivity contribution in [2.24, 2.45) is 23.2 Å². The average molecular weight is 417 g/mol. The third-order valence-corrected chi connectivity index (χ3v) is 10.1. The molecule has 6 rings (SSSR count). The van der Waals surface area contributed by atoms with E-state index in [1.54, 1.807) is 0 Å². The lowest BCUT2D eigenvalue weighted by Gasteiger charge is -2.49. The number of carbonyl (C=O) groups excluding carboxylic acids is 1. The highest BCUT2D eigenvalue weighted by Gasteiger charge is 2.78. The average Bonchev–Trinajstić information content (AvgIpc) is 3.44. The number of nitrogens with zero attached hydrogens (tertiary/aromatic N) is 2. The molecule has 0 radical (unpaired) electrons. The molecule has 0 bridgehead atoms. The number of rotatable bonds is 3. The van der Waals surface area contributed by atoms with Crippen molar-refractivity contribution < 1.29 is 14.3 Å². The van der Waals surface area contributed by atoms with Gasteiger partial charge < -0.3 is 9.47 Å². The first kappa shape index (κ1) is 20.0. The smallest absolute Gasteiger partial charge is 0.311 e. The molecule has 3 saturated heterocycles. The van der Waals surface area contributed by atoms with Crippen LogP contribution in [0.1, 0.15) is 71.6 Å². The van der Waals surface area contributed by atoms with Gasteiger partial charge in [-0.1, -0.05) is 39.5 Å². The molecule has 7 atom stereocenters. The molecule has 5 nitrogen and oxygen atoms in total. The molecule has 0 N–H and O–H groups in total. The number of epoxide rings is 1. The van der Waals surface area contributed by atoms with Crippen LogP contribution in [0.4, 0.5) is 0 Å². The number of esters is 1. The van der Waals surface area contributed by atoms with Gasteiger partial charge in [-0.25, -0.2) is 0 Å². The second-order valence-corrected chi connectivity index (χ2v) is 11.7. The molecule has 0 aromatic rings. The molecular formula is C25H40N2O3. The van der Waals surface area contributed by atoms with E-state index < -0.39 is 0 Å². The molecule has 168 valence electrons. The Balaban J connectivity index is 1.12. The van der Waals surface area contributed by atoms with Gasteiger partial charge in [-0.15, -0.1) is 0 Å². The van der Waals surface area contributed by atoms with Crippen LogP contribution in [0, 0.1) is 23.2 Å². The van der Waals surface area contributed by atoms with Gasteiger partial charge in [0.1, 0.15) is 11.7 Å². The lowest BCUT2D eigenvalue weighted by Crippen LogP contribution is -2.55. The minimum atomic E-state index is 0.0132. The summed E-state index contributed by atoms with van der Waals surface area (Å²) >= 11 is 0. The van der Waals surface area contributed by atoms with Gasteiger partial charge in [0.2, 0.25) is 0 Å². The maximum atomic E-state index is 13.0. The van der Waals surface area contributed by atoms with Crippen molar-refractivity contribution in [3.05, 3.63) is 0 Å². The van der Waals surface area contributed by atoms with E-state index >= 15 is 0 Å². The van der Waals surface area contributed by atoms with E-state index in [2.05, 4.69) is 23.6 Å². The van der Waals surface area contributed by atoms with Crippen molar-refractivity contribution in [2.75, 3.05) is 32.7 Å². The van der Waals surface area contributed by atoms with Crippen molar-refractivity contribution in [2.45, 2.75) is 95.5 Å². The van der Waals surface area contributed by atoms with Gasteiger partial charge in [-0.05, 0) is 38.0 Å². The first-order chi connectivity index (χ1) is 14.5. The highest BCUT2D eigenvalue weighted by molar-refractivity contribution is 5.76. The zero-order valence-corrected chi connectivity index (χ0v) is 19.0. The fraction of sp³-hybridized carbons (Fsp3) is 0.960. The van der Waals surface area contributed by atoms with Crippen LogP contribution in [-0.2, 0) is 14.3 Å². The Labute approximate surface area is 181 Å². The molecule has 3 aliphatic carbocycles. The van der Waals surface area contributed by atoms with Crippen LogP contribution < -0.4 is 0 Å². The zero-order valence-electron chi connectivity index (χ0n) is 19.0. The molecule has 0 amide bonds. The van der Waals surface area contributed by atoms with Gasteiger partial charge >= 0.3 is 5.97 Å². The SMILES string of the molecule is C[C@H]1CCC[C@]2(C)C[C@H]3OC(=O)[C@H](CN4CCN(C5CCCCC5)CC4)[C@H]3[C@@H]3O[C@]132. The Morgan fingerprint density at radius 1 is 1.03 bits per heavy atom. The van der Waals surface area contributed by atoms with Gasteiger partial charge in [-0.3, -0.25) is 14.6 Å². The lowest BCUT2D eigenvalue weighted by molar-refractivity contribution is -0.146. The van der Waals surface area contributed by atoms with Crippen LogP contribution in [0.15, 0.2) is 0 Å². The summed E-state index contributed by atoms with van der Waals surface area (Å²) in [6, 6.07) is 0.810. The van der Waals surface area contributed by atoms with Gasteiger partial charge in [0.05, 0.1) is 12.0 Å². The van der Waals surface area contributed by atoms with Crippen LogP contribution in [0.25, 0.3) is 0 Å². The van der Waals surface area contributed by atoms with Crippen LogP contribution in [0.5, 0.6) is 0 Å². The fourth-order valence-corrected chi connectivity index (χ4v) is 8.48. The predicted molar refractivity (Wildman–Crippen MR) is 115 cm³/mol. The zero-order chi connectivity index (χ0) is 20.5. The van der Waals surface area contributed by atoms with E-state index in [0.717, 1.165) is 32.1 Å². The second kappa shape index (κ2) is 7.18. The lowest BCUT2D eigenvalue weighted by atomic mass is 9.53. The molecule has 3 aliphatic heterocycles. The van der Waals surface area contributed by atoms with Crippen molar-refractivity contribution in [1.82, 2.24) is 9.80 Å². The van der Waals surface area contributed by atoms with Crippen molar-refractivity contribution in [1.29, 1.82) is 0 Å². The van der Waals surface area contributed by atoms with E-state index in [1.807, 2.05) is 0 Å². The van der Waals surface area contributed by atoms with Gasteiger partial charge in [0, 0.05) is 50.1 Å². The van der Waals surface area contributed by atoms with E-state index in [9.17, 15) is 4.79 Å². The van der Waals surface area contributed by atoms with E-state index in [0.29, 0.717) is 5.92 Å². The standard InChI is InChI=1S/C25H40N2O3/c1-17-7-6-10-24(2)15-20-21(22-25(17,24)30-22)19(23(28)29-20)16-26-11-13-27(14-12-26)18-8-4-3-5-9-18/h17-22H,3-16H2,1-2H3/t17-,19+,20+,21+,22-,24+,25+/m0/s1. The van der Waals surface area contributed by atoms with E-state index in [-0.39, 0.29) is 41.0 Å². The summed E-state index contributed by atoms with van der Waals surface area (Å²) in [7, 11) is 0. The van der Waals surface area contributed by atoms with Crippen LogP contribution in [0.2, 0.25) is 0 Å². The second-order valence-electron chi connectivity index (χ2n) is 11.7. The third-order valence-electron chi connectivity index (χ3n) is 10.1. The quantitative estimate of drug-likeness (QED) is 0.521. The molecule has 0 aromatic carbocycles. The number of ether oxygens (including phenoxy) is 2. The summed E-state index contributed by atoms with van der Waals surface area (Å²) in [5.41, 5.74) is 0.218. The summed E-state index contributed by atoms with van der Waals surface area (Å²) in [5, 5.41) is 0. The number of carbonyl (C=O) groups is 1. The Kier molecular flexibility index (Phi) is 4.78. The maximum Gasteiger partial charge on any atom is 0.311 e. The highest BCUT2D eigenvalue weighted by atomic mass is 16.6.